The Morgan fingerprint density at radius 3 is 2.24 bits per heavy atom. The monoisotopic (exact) mass is 392 g/mol. The molecular weight excluding hydrogens is 367 g/mol. The van der Waals surface area contributed by atoms with Crippen molar-refractivity contribution in [2.24, 2.45) is 0 Å². The van der Waals surface area contributed by atoms with E-state index in [0.717, 1.165) is 29.7 Å². The standard InChI is InChI=1S/C24H25FN2O2/c1-4-5-20-11-8-18(16-26-20)17-6-12-21(13-7-17)27-23(28)24(2,3)29-22-14-9-19(25)10-15-22/h6-16H,4-5H2,1-3H3,(H,27,28). The van der Waals surface area contributed by atoms with Crippen LogP contribution in [0.2, 0.25) is 0 Å². The van der Waals surface area contributed by atoms with E-state index >= 15 is 0 Å². The highest BCUT2D eigenvalue weighted by atomic mass is 19.1. The van der Waals surface area contributed by atoms with Gasteiger partial charge >= 0.3 is 0 Å². The summed E-state index contributed by atoms with van der Waals surface area (Å²) in [4.78, 5) is 17.1. The molecule has 0 aliphatic rings. The summed E-state index contributed by atoms with van der Waals surface area (Å²) >= 11 is 0. The van der Waals surface area contributed by atoms with Crippen molar-refractivity contribution in [1.82, 2.24) is 4.98 Å². The van der Waals surface area contributed by atoms with Gasteiger partial charge in [0.05, 0.1) is 0 Å². The number of carbonyl (C=O) groups is 1. The molecule has 3 aromatic rings. The van der Waals surface area contributed by atoms with Gasteiger partial charge in [-0.3, -0.25) is 9.78 Å². The third-order valence-electron chi connectivity index (χ3n) is 4.54. The fourth-order valence-corrected chi connectivity index (χ4v) is 2.87. The number of ether oxygens (including phenoxy) is 1. The van der Waals surface area contributed by atoms with E-state index < -0.39 is 5.60 Å². The first kappa shape index (κ1) is 20.5. The average Bonchev–Trinajstić information content (AvgIpc) is 2.71. The lowest BCUT2D eigenvalue weighted by atomic mass is 10.1. The van der Waals surface area contributed by atoms with Crippen molar-refractivity contribution in [2.75, 3.05) is 5.32 Å². The van der Waals surface area contributed by atoms with E-state index in [9.17, 15) is 9.18 Å². The summed E-state index contributed by atoms with van der Waals surface area (Å²) in [5.41, 5.74) is 2.70. The van der Waals surface area contributed by atoms with Gasteiger partial charge in [-0.2, -0.15) is 0 Å². The molecule has 1 aromatic heterocycles. The number of halogens is 1. The molecule has 4 nitrogen and oxygen atoms in total. The first-order valence-electron chi connectivity index (χ1n) is 9.69. The number of rotatable bonds is 7. The van der Waals surface area contributed by atoms with Crippen molar-refractivity contribution in [3.63, 3.8) is 0 Å². The van der Waals surface area contributed by atoms with Crippen LogP contribution in [0.4, 0.5) is 10.1 Å². The number of hydrogen-bond donors (Lipinski definition) is 1. The Bertz CT molecular complexity index is 950. The Kier molecular flexibility index (Phi) is 6.27. The van der Waals surface area contributed by atoms with Crippen LogP contribution in [-0.4, -0.2) is 16.5 Å². The van der Waals surface area contributed by atoms with Gasteiger partial charge < -0.3 is 10.1 Å². The van der Waals surface area contributed by atoms with Crippen molar-refractivity contribution >= 4 is 11.6 Å². The molecule has 0 spiro atoms. The molecule has 0 fully saturated rings. The summed E-state index contributed by atoms with van der Waals surface area (Å²) in [6, 6.07) is 17.3. The van der Waals surface area contributed by atoms with Gasteiger partial charge in [-0.15, -0.1) is 0 Å². The summed E-state index contributed by atoms with van der Waals surface area (Å²) < 4.78 is 18.8. The lowest BCUT2D eigenvalue weighted by molar-refractivity contribution is -0.128. The maximum atomic E-state index is 13.0. The number of pyridine rings is 1. The maximum absolute atomic E-state index is 13.0. The van der Waals surface area contributed by atoms with Crippen LogP contribution in [0.25, 0.3) is 11.1 Å². The zero-order valence-electron chi connectivity index (χ0n) is 16.9. The third kappa shape index (κ3) is 5.41. The van der Waals surface area contributed by atoms with Crippen LogP contribution in [0.5, 0.6) is 5.75 Å². The third-order valence-corrected chi connectivity index (χ3v) is 4.54. The number of nitrogens with one attached hydrogen (secondary N) is 1. The summed E-state index contributed by atoms with van der Waals surface area (Å²) in [6.45, 7) is 5.47. The molecular formula is C24H25FN2O2. The van der Waals surface area contributed by atoms with Crippen LogP contribution in [0.15, 0.2) is 66.9 Å². The van der Waals surface area contributed by atoms with Crippen molar-refractivity contribution in [2.45, 2.75) is 39.2 Å². The van der Waals surface area contributed by atoms with E-state index in [4.69, 9.17) is 4.74 Å². The Morgan fingerprint density at radius 1 is 1.00 bits per heavy atom. The number of benzene rings is 2. The zero-order valence-corrected chi connectivity index (χ0v) is 16.9. The minimum atomic E-state index is -1.12. The molecule has 0 atom stereocenters. The normalized spacial score (nSPS) is 11.2. The van der Waals surface area contributed by atoms with Gasteiger partial charge in [0.2, 0.25) is 0 Å². The molecule has 0 aliphatic heterocycles. The molecule has 150 valence electrons. The number of amides is 1. The highest BCUT2D eigenvalue weighted by Crippen LogP contribution is 2.23. The van der Waals surface area contributed by atoms with Crippen molar-refractivity contribution in [1.29, 1.82) is 0 Å². The van der Waals surface area contributed by atoms with E-state index in [2.05, 4.69) is 23.3 Å². The van der Waals surface area contributed by atoms with Gasteiger partial charge in [0, 0.05) is 23.1 Å². The largest absolute Gasteiger partial charge is 0.478 e. The number of aromatic nitrogens is 1. The fourth-order valence-electron chi connectivity index (χ4n) is 2.87. The predicted octanol–water partition coefficient (Wildman–Crippen LogP) is 5.64. The molecule has 0 saturated carbocycles. The fraction of sp³-hybridized carbons (Fsp3) is 0.250. The minimum Gasteiger partial charge on any atom is -0.478 e. The van der Waals surface area contributed by atoms with Crippen LogP contribution < -0.4 is 10.1 Å². The predicted molar refractivity (Wildman–Crippen MR) is 113 cm³/mol. The number of carbonyl (C=O) groups excluding carboxylic acids is 1. The maximum Gasteiger partial charge on any atom is 0.267 e. The van der Waals surface area contributed by atoms with E-state index in [0.29, 0.717) is 11.4 Å². The van der Waals surface area contributed by atoms with Crippen LogP contribution in [0, 0.1) is 5.82 Å². The molecule has 0 unspecified atom stereocenters. The Morgan fingerprint density at radius 2 is 1.66 bits per heavy atom. The van der Waals surface area contributed by atoms with Crippen LogP contribution in [0.1, 0.15) is 32.9 Å². The smallest absolute Gasteiger partial charge is 0.267 e. The minimum absolute atomic E-state index is 0.292. The number of hydrogen-bond acceptors (Lipinski definition) is 3. The van der Waals surface area contributed by atoms with Gasteiger partial charge in [-0.25, -0.2) is 4.39 Å². The number of nitrogens with zero attached hydrogens (tertiary/aromatic N) is 1. The summed E-state index contributed by atoms with van der Waals surface area (Å²) in [5, 5.41) is 2.86. The van der Waals surface area contributed by atoms with E-state index in [1.807, 2.05) is 36.5 Å². The van der Waals surface area contributed by atoms with E-state index in [1.54, 1.807) is 13.8 Å². The lowest BCUT2D eigenvalue weighted by Crippen LogP contribution is -2.42. The molecule has 0 aliphatic carbocycles. The SMILES string of the molecule is CCCc1ccc(-c2ccc(NC(=O)C(C)(C)Oc3ccc(F)cc3)cc2)cn1. The van der Waals surface area contributed by atoms with Gasteiger partial charge in [0.15, 0.2) is 5.60 Å². The first-order valence-corrected chi connectivity index (χ1v) is 9.69. The topological polar surface area (TPSA) is 51.2 Å². The molecule has 0 saturated heterocycles. The first-order chi connectivity index (χ1) is 13.9. The molecule has 2 aromatic carbocycles. The van der Waals surface area contributed by atoms with Gasteiger partial charge in [0.1, 0.15) is 11.6 Å². The number of aryl methyl sites for hydroxylation is 1. The molecule has 29 heavy (non-hydrogen) atoms. The highest BCUT2D eigenvalue weighted by molar-refractivity contribution is 5.97. The second kappa shape index (κ2) is 8.86. The zero-order chi connectivity index (χ0) is 20.9. The molecule has 1 N–H and O–H groups in total. The van der Waals surface area contributed by atoms with E-state index in [1.165, 1.54) is 24.3 Å². The van der Waals surface area contributed by atoms with Crippen molar-refractivity contribution in [3.05, 3.63) is 78.4 Å². The second-order valence-corrected chi connectivity index (χ2v) is 7.39. The van der Waals surface area contributed by atoms with Gasteiger partial charge in [-0.05, 0) is 68.3 Å². The van der Waals surface area contributed by atoms with E-state index in [-0.39, 0.29) is 11.7 Å². The molecule has 1 heterocycles. The van der Waals surface area contributed by atoms with Crippen LogP contribution >= 0.6 is 0 Å². The number of anilines is 1. The molecule has 3 rings (SSSR count). The molecule has 1 amide bonds. The average molecular weight is 392 g/mol. The quantitative estimate of drug-likeness (QED) is 0.566. The Labute approximate surface area is 170 Å². The van der Waals surface area contributed by atoms with Crippen molar-refractivity contribution < 1.29 is 13.9 Å². The van der Waals surface area contributed by atoms with Gasteiger partial charge in [-0.1, -0.05) is 31.5 Å². The van der Waals surface area contributed by atoms with Crippen LogP contribution in [0.3, 0.4) is 0 Å². The summed E-state index contributed by atoms with van der Waals surface area (Å²) in [6.07, 6.45) is 3.92. The molecule has 0 bridgehead atoms. The molecule has 5 heteroatoms. The summed E-state index contributed by atoms with van der Waals surface area (Å²) in [5.74, 6) is -0.212. The second-order valence-electron chi connectivity index (χ2n) is 7.39. The van der Waals surface area contributed by atoms with Crippen LogP contribution in [-0.2, 0) is 11.2 Å². The Hall–Kier alpha value is -3.21. The summed E-state index contributed by atoms with van der Waals surface area (Å²) in [7, 11) is 0. The van der Waals surface area contributed by atoms with Crippen molar-refractivity contribution in [3.8, 4) is 16.9 Å². The lowest BCUT2D eigenvalue weighted by Gasteiger charge is -2.25. The highest BCUT2D eigenvalue weighted by Gasteiger charge is 2.30. The molecule has 0 radical (unpaired) electrons. The Balaban J connectivity index is 1.65. The van der Waals surface area contributed by atoms with Gasteiger partial charge in [0.25, 0.3) is 5.91 Å².